The van der Waals surface area contributed by atoms with Crippen LogP contribution in [0.25, 0.3) is 23.1 Å². The molecule has 122 valence electrons. The zero-order valence-electron chi connectivity index (χ0n) is 12.7. The van der Waals surface area contributed by atoms with E-state index in [-0.39, 0.29) is 5.56 Å². The monoisotopic (exact) mass is 326 g/mol. The number of benzene rings is 2. The van der Waals surface area contributed by atoms with E-state index < -0.39 is 22.9 Å². The van der Waals surface area contributed by atoms with Crippen molar-refractivity contribution in [1.82, 2.24) is 0 Å². The molecule has 1 aromatic heterocycles. The molecular weight excluding hydrogens is 312 g/mol. The number of hydrogen-bond acceptors (Lipinski definition) is 6. The van der Waals surface area contributed by atoms with Gasteiger partial charge in [0.1, 0.15) is 11.3 Å². The molecule has 3 rings (SSSR count). The molecule has 3 N–H and O–H groups in total. The van der Waals surface area contributed by atoms with Crippen molar-refractivity contribution >= 4 is 23.1 Å². The van der Waals surface area contributed by atoms with Crippen LogP contribution < -0.4 is 10.4 Å². The van der Waals surface area contributed by atoms with Crippen LogP contribution in [0, 0.1) is 0 Å². The fourth-order valence-electron chi connectivity index (χ4n) is 2.36. The zero-order valence-corrected chi connectivity index (χ0v) is 12.7. The second-order valence-electron chi connectivity index (χ2n) is 5.06. The van der Waals surface area contributed by atoms with Crippen LogP contribution in [0.3, 0.4) is 0 Å². The molecule has 0 saturated heterocycles. The lowest BCUT2D eigenvalue weighted by Crippen LogP contribution is -1.97. The van der Waals surface area contributed by atoms with Gasteiger partial charge in [-0.3, -0.25) is 0 Å². The van der Waals surface area contributed by atoms with E-state index in [1.807, 2.05) is 0 Å². The summed E-state index contributed by atoms with van der Waals surface area (Å²) in [5.41, 5.74) is 0.651. The topological polar surface area (TPSA) is 100 Å². The highest BCUT2D eigenvalue weighted by molar-refractivity contribution is 5.91. The van der Waals surface area contributed by atoms with Gasteiger partial charge in [0, 0.05) is 17.0 Å². The van der Waals surface area contributed by atoms with E-state index in [2.05, 4.69) is 0 Å². The van der Waals surface area contributed by atoms with Crippen LogP contribution in [-0.2, 0) is 0 Å². The fourth-order valence-corrected chi connectivity index (χ4v) is 2.36. The number of hydrogen-bond donors (Lipinski definition) is 3. The van der Waals surface area contributed by atoms with Crippen LogP contribution in [0.15, 0.2) is 45.6 Å². The van der Waals surface area contributed by atoms with E-state index in [1.165, 1.54) is 31.4 Å². The van der Waals surface area contributed by atoms with E-state index >= 15 is 0 Å². The Balaban J connectivity index is 2.17. The highest BCUT2D eigenvalue weighted by Crippen LogP contribution is 2.38. The summed E-state index contributed by atoms with van der Waals surface area (Å²) in [7, 11) is 1.49. The molecule has 0 radical (unpaired) electrons. The van der Waals surface area contributed by atoms with Gasteiger partial charge in [-0.2, -0.15) is 0 Å². The molecule has 6 nitrogen and oxygen atoms in total. The predicted molar refractivity (Wildman–Crippen MR) is 89.4 cm³/mol. The average Bonchev–Trinajstić information content (AvgIpc) is 2.58. The van der Waals surface area contributed by atoms with Gasteiger partial charge in [-0.1, -0.05) is 6.08 Å². The summed E-state index contributed by atoms with van der Waals surface area (Å²) in [5, 5.41) is 29.5. The van der Waals surface area contributed by atoms with Crippen molar-refractivity contribution in [3.05, 3.63) is 57.9 Å². The van der Waals surface area contributed by atoms with Gasteiger partial charge in [0.2, 0.25) is 5.75 Å². The molecule has 2 aromatic carbocycles. The van der Waals surface area contributed by atoms with E-state index in [9.17, 15) is 20.1 Å². The molecule has 0 saturated carbocycles. The minimum atomic E-state index is -0.603. The molecule has 0 atom stereocenters. The maximum Gasteiger partial charge on any atom is 0.336 e. The van der Waals surface area contributed by atoms with Gasteiger partial charge < -0.3 is 24.5 Å². The first-order valence-corrected chi connectivity index (χ1v) is 7.04. The summed E-state index contributed by atoms with van der Waals surface area (Å²) in [5.74, 6) is -0.991. The number of fused-ring (bicyclic) bond motifs is 1. The SMILES string of the molecule is COc1ccc2ccc(=O)oc2c1C=Cc1ccc(O)c(O)c1O. The van der Waals surface area contributed by atoms with Crippen molar-refractivity contribution in [3.63, 3.8) is 0 Å². The molecule has 24 heavy (non-hydrogen) atoms. The molecule has 0 bridgehead atoms. The second kappa shape index (κ2) is 6.00. The first-order valence-electron chi connectivity index (χ1n) is 7.04. The first kappa shape index (κ1) is 15.5. The molecule has 0 aliphatic rings. The smallest absolute Gasteiger partial charge is 0.336 e. The summed E-state index contributed by atoms with van der Waals surface area (Å²) in [4.78, 5) is 11.5. The van der Waals surface area contributed by atoms with Crippen molar-refractivity contribution in [1.29, 1.82) is 0 Å². The third-order valence-corrected chi connectivity index (χ3v) is 3.60. The van der Waals surface area contributed by atoms with E-state index in [1.54, 1.807) is 24.3 Å². The highest BCUT2D eigenvalue weighted by Gasteiger charge is 2.11. The van der Waals surface area contributed by atoms with E-state index in [0.29, 0.717) is 22.3 Å². The van der Waals surface area contributed by atoms with Crippen LogP contribution >= 0.6 is 0 Å². The lowest BCUT2D eigenvalue weighted by atomic mass is 10.1. The Labute approximate surface area is 136 Å². The molecular formula is C18H14O6. The number of methoxy groups -OCH3 is 1. The number of ether oxygens (including phenoxy) is 1. The Hall–Kier alpha value is -3.41. The molecule has 0 aliphatic carbocycles. The molecule has 1 heterocycles. The summed E-state index contributed by atoms with van der Waals surface area (Å²) >= 11 is 0. The maximum atomic E-state index is 11.5. The average molecular weight is 326 g/mol. The molecule has 6 heteroatoms. The largest absolute Gasteiger partial charge is 0.504 e. The molecule has 0 aliphatic heterocycles. The second-order valence-corrected chi connectivity index (χ2v) is 5.06. The van der Waals surface area contributed by atoms with Crippen LogP contribution in [0.5, 0.6) is 23.0 Å². The van der Waals surface area contributed by atoms with Crippen molar-refractivity contribution in [2.45, 2.75) is 0 Å². The predicted octanol–water partition coefficient (Wildman–Crippen LogP) is 3.09. The fraction of sp³-hybridized carbons (Fsp3) is 0.0556. The van der Waals surface area contributed by atoms with Gasteiger partial charge in [-0.25, -0.2) is 4.79 Å². The van der Waals surface area contributed by atoms with Crippen LogP contribution in [0.1, 0.15) is 11.1 Å². The molecule has 0 fully saturated rings. The van der Waals surface area contributed by atoms with Crippen LogP contribution in [0.4, 0.5) is 0 Å². The zero-order chi connectivity index (χ0) is 17.3. The number of rotatable bonds is 3. The number of aromatic hydroxyl groups is 3. The Kier molecular flexibility index (Phi) is 3.87. The maximum absolute atomic E-state index is 11.5. The molecule has 0 amide bonds. The normalized spacial score (nSPS) is 11.2. The minimum Gasteiger partial charge on any atom is -0.504 e. The quantitative estimate of drug-likeness (QED) is 0.388. The summed E-state index contributed by atoms with van der Waals surface area (Å²) in [6.45, 7) is 0. The van der Waals surface area contributed by atoms with Crippen molar-refractivity contribution in [2.75, 3.05) is 7.11 Å². The summed E-state index contributed by atoms with van der Waals surface area (Å²) < 4.78 is 10.5. The van der Waals surface area contributed by atoms with E-state index in [4.69, 9.17) is 9.15 Å². The van der Waals surface area contributed by atoms with Gasteiger partial charge in [-0.05, 0) is 36.4 Å². The van der Waals surface area contributed by atoms with Crippen molar-refractivity contribution in [3.8, 4) is 23.0 Å². The van der Waals surface area contributed by atoms with Gasteiger partial charge >= 0.3 is 5.63 Å². The number of phenols is 3. The number of phenolic OH excluding ortho intramolecular Hbond substituents is 3. The molecule has 3 aromatic rings. The van der Waals surface area contributed by atoms with Gasteiger partial charge in [-0.15, -0.1) is 0 Å². The van der Waals surface area contributed by atoms with Crippen molar-refractivity contribution < 1.29 is 24.5 Å². The summed E-state index contributed by atoms with van der Waals surface area (Å²) in [6, 6.07) is 9.16. The molecule has 0 spiro atoms. The van der Waals surface area contributed by atoms with Crippen LogP contribution in [-0.4, -0.2) is 22.4 Å². The third kappa shape index (κ3) is 2.65. The Morgan fingerprint density at radius 3 is 2.46 bits per heavy atom. The third-order valence-electron chi connectivity index (χ3n) is 3.60. The highest BCUT2D eigenvalue weighted by atomic mass is 16.5. The Morgan fingerprint density at radius 2 is 1.71 bits per heavy atom. The van der Waals surface area contributed by atoms with Crippen LogP contribution in [0.2, 0.25) is 0 Å². The lowest BCUT2D eigenvalue weighted by Gasteiger charge is -2.08. The van der Waals surface area contributed by atoms with E-state index in [0.717, 1.165) is 0 Å². The Morgan fingerprint density at radius 1 is 0.958 bits per heavy atom. The standard InChI is InChI=1S/C18H14O6/c1-23-14-8-4-11-5-9-15(20)24-18(11)12(14)6-2-10-3-7-13(19)17(22)16(10)21/h2-9,19,21-22H,1H3. The Bertz CT molecular complexity index is 1000. The van der Waals surface area contributed by atoms with Gasteiger partial charge in [0.25, 0.3) is 0 Å². The van der Waals surface area contributed by atoms with Crippen molar-refractivity contribution in [2.24, 2.45) is 0 Å². The minimum absolute atomic E-state index is 0.280. The van der Waals surface area contributed by atoms with Gasteiger partial charge in [0.15, 0.2) is 11.5 Å². The molecule has 0 unspecified atom stereocenters. The van der Waals surface area contributed by atoms with Gasteiger partial charge in [0.05, 0.1) is 12.7 Å². The lowest BCUT2D eigenvalue weighted by molar-refractivity contribution is 0.367. The summed E-state index contributed by atoms with van der Waals surface area (Å²) in [6.07, 6.45) is 3.11. The first-order chi connectivity index (χ1) is 11.5.